The SMILES string of the molecule is CCCOc1ccc(Br)cc1C(=O)Nc1ccccc1C(=O)N1CCCCCC1. The number of likely N-dealkylation sites (tertiary alicyclic amines) is 1. The molecule has 6 heteroatoms. The summed E-state index contributed by atoms with van der Waals surface area (Å²) >= 11 is 3.42. The number of hydrogen-bond acceptors (Lipinski definition) is 3. The van der Waals surface area contributed by atoms with Crippen molar-refractivity contribution in [2.75, 3.05) is 25.0 Å². The Hall–Kier alpha value is -2.34. The number of benzene rings is 2. The van der Waals surface area contributed by atoms with Crippen molar-refractivity contribution in [3.63, 3.8) is 0 Å². The lowest BCUT2D eigenvalue weighted by Gasteiger charge is -2.22. The third kappa shape index (κ3) is 5.60. The van der Waals surface area contributed by atoms with Crippen LogP contribution >= 0.6 is 15.9 Å². The van der Waals surface area contributed by atoms with Gasteiger partial charge in [-0.05, 0) is 49.6 Å². The minimum Gasteiger partial charge on any atom is -0.493 e. The monoisotopic (exact) mass is 458 g/mol. The summed E-state index contributed by atoms with van der Waals surface area (Å²) in [4.78, 5) is 28.0. The summed E-state index contributed by atoms with van der Waals surface area (Å²) in [6, 6.07) is 12.6. The molecule has 154 valence electrons. The molecule has 0 radical (unpaired) electrons. The van der Waals surface area contributed by atoms with Gasteiger partial charge in [-0.15, -0.1) is 0 Å². The predicted octanol–water partition coefficient (Wildman–Crippen LogP) is 5.51. The van der Waals surface area contributed by atoms with Gasteiger partial charge in [0, 0.05) is 17.6 Å². The van der Waals surface area contributed by atoms with Gasteiger partial charge in [0.05, 0.1) is 23.4 Å². The van der Waals surface area contributed by atoms with E-state index >= 15 is 0 Å². The van der Waals surface area contributed by atoms with Gasteiger partial charge < -0.3 is 15.0 Å². The summed E-state index contributed by atoms with van der Waals surface area (Å²) in [5.74, 6) is 0.205. The van der Waals surface area contributed by atoms with Crippen LogP contribution in [0.3, 0.4) is 0 Å². The fourth-order valence-electron chi connectivity index (χ4n) is 3.43. The number of anilines is 1. The maximum absolute atomic E-state index is 13.1. The molecule has 2 amide bonds. The molecule has 5 nitrogen and oxygen atoms in total. The van der Waals surface area contributed by atoms with Crippen molar-refractivity contribution in [3.8, 4) is 5.75 Å². The first-order valence-corrected chi connectivity index (χ1v) is 11.0. The summed E-state index contributed by atoms with van der Waals surface area (Å²) in [6.07, 6.45) is 5.22. The van der Waals surface area contributed by atoms with Gasteiger partial charge in [-0.25, -0.2) is 0 Å². The van der Waals surface area contributed by atoms with E-state index in [-0.39, 0.29) is 11.8 Å². The van der Waals surface area contributed by atoms with Crippen molar-refractivity contribution < 1.29 is 14.3 Å². The Morgan fingerprint density at radius 2 is 1.76 bits per heavy atom. The number of carbonyl (C=O) groups is 2. The quantitative estimate of drug-likeness (QED) is 0.620. The van der Waals surface area contributed by atoms with Gasteiger partial charge in [0.1, 0.15) is 5.75 Å². The number of hydrogen-bond donors (Lipinski definition) is 1. The molecule has 0 aromatic heterocycles. The van der Waals surface area contributed by atoms with Crippen LogP contribution in [0.4, 0.5) is 5.69 Å². The Bertz CT molecular complexity index is 861. The molecule has 1 heterocycles. The number of nitrogens with one attached hydrogen (secondary N) is 1. The normalized spacial score (nSPS) is 14.2. The Kier molecular flexibility index (Phi) is 7.69. The highest BCUT2D eigenvalue weighted by Crippen LogP contribution is 2.26. The summed E-state index contributed by atoms with van der Waals surface area (Å²) in [5.41, 5.74) is 1.48. The van der Waals surface area contributed by atoms with Crippen LogP contribution in [0, 0.1) is 0 Å². The fourth-order valence-corrected chi connectivity index (χ4v) is 3.79. The molecule has 3 rings (SSSR count). The zero-order chi connectivity index (χ0) is 20.6. The number of para-hydroxylation sites is 1. The van der Waals surface area contributed by atoms with E-state index in [4.69, 9.17) is 4.74 Å². The van der Waals surface area contributed by atoms with E-state index in [0.717, 1.165) is 49.7 Å². The van der Waals surface area contributed by atoms with E-state index in [1.165, 1.54) is 0 Å². The molecule has 1 N–H and O–H groups in total. The number of halogens is 1. The molecule has 29 heavy (non-hydrogen) atoms. The average molecular weight is 459 g/mol. The summed E-state index contributed by atoms with van der Waals surface area (Å²) in [5, 5.41) is 2.92. The summed E-state index contributed by atoms with van der Waals surface area (Å²) in [6.45, 7) is 4.08. The summed E-state index contributed by atoms with van der Waals surface area (Å²) < 4.78 is 6.52. The molecule has 0 spiro atoms. The van der Waals surface area contributed by atoms with Gasteiger partial charge in [-0.1, -0.05) is 47.8 Å². The van der Waals surface area contributed by atoms with Gasteiger partial charge in [-0.3, -0.25) is 9.59 Å². The minimum atomic E-state index is -0.298. The lowest BCUT2D eigenvalue weighted by Crippen LogP contribution is -2.32. The molecule has 2 aromatic rings. The van der Waals surface area contributed by atoms with Crippen LogP contribution < -0.4 is 10.1 Å². The van der Waals surface area contributed by atoms with Crippen molar-refractivity contribution in [3.05, 3.63) is 58.1 Å². The molecule has 0 bridgehead atoms. The molecular weight excluding hydrogens is 432 g/mol. The molecule has 1 fully saturated rings. The van der Waals surface area contributed by atoms with Crippen LogP contribution in [0.1, 0.15) is 59.7 Å². The second-order valence-corrected chi connectivity index (χ2v) is 8.11. The highest BCUT2D eigenvalue weighted by atomic mass is 79.9. The van der Waals surface area contributed by atoms with Gasteiger partial charge in [0.25, 0.3) is 11.8 Å². The molecule has 1 aliphatic rings. The van der Waals surface area contributed by atoms with Crippen LogP contribution in [0.25, 0.3) is 0 Å². The van der Waals surface area contributed by atoms with Crippen LogP contribution in [0.2, 0.25) is 0 Å². The highest BCUT2D eigenvalue weighted by Gasteiger charge is 2.22. The van der Waals surface area contributed by atoms with E-state index in [0.29, 0.717) is 29.2 Å². The second-order valence-electron chi connectivity index (χ2n) is 7.20. The Balaban J connectivity index is 1.83. The first kappa shape index (κ1) is 21.4. The standard InChI is InChI=1S/C23H27BrN2O3/c1-2-15-29-21-12-11-17(24)16-19(21)22(27)25-20-10-6-5-9-18(20)23(28)26-13-7-3-4-8-14-26/h5-6,9-12,16H,2-4,7-8,13-15H2,1H3,(H,25,27). The number of amides is 2. The van der Waals surface area contributed by atoms with Gasteiger partial charge in [-0.2, -0.15) is 0 Å². The zero-order valence-corrected chi connectivity index (χ0v) is 18.3. The molecule has 1 saturated heterocycles. The molecule has 0 unspecified atom stereocenters. The number of nitrogens with zero attached hydrogens (tertiary/aromatic N) is 1. The van der Waals surface area contributed by atoms with E-state index in [2.05, 4.69) is 21.2 Å². The molecule has 0 aliphatic carbocycles. The topological polar surface area (TPSA) is 58.6 Å². The van der Waals surface area contributed by atoms with Crippen LogP contribution in [-0.4, -0.2) is 36.4 Å². The Morgan fingerprint density at radius 3 is 2.48 bits per heavy atom. The average Bonchev–Trinajstić information content (AvgIpc) is 3.02. The number of rotatable bonds is 6. The minimum absolute atomic E-state index is 0.0282. The van der Waals surface area contributed by atoms with E-state index in [9.17, 15) is 9.59 Å². The van der Waals surface area contributed by atoms with Crippen molar-refractivity contribution in [2.24, 2.45) is 0 Å². The van der Waals surface area contributed by atoms with E-state index in [1.54, 1.807) is 24.3 Å². The molecule has 2 aromatic carbocycles. The fraction of sp³-hybridized carbons (Fsp3) is 0.391. The smallest absolute Gasteiger partial charge is 0.259 e. The van der Waals surface area contributed by atoms with Gasteiger partial charge >= 0.3 is 0 Å². The largest absolute Gasteiger partial charge is 0.493 e. The Labute approximate surface area is 180 Å². The Morgan fingerprint density at radius 1 is 1.03 bits per heavy atom. The zero-order valence-electron chi connectivity index (χ0n) is 16.7. The first-order valence-electron chi connectivity index (χ1n) is 10.2. The van der Waals surface area contributed by atoms with Gasteiger partial charge in [0.2, 0.25) is 0 Å². The van der Waals surface area contributed by atoms with Crippen molar-refractivity contribution in [2.45, 2.75) is 39.0 Å². The predicted molar refractivity (Wildman–Crippen MR) is 119 cm³/mol. The number of carbonyl (C=O) groups excluding carboxylic acids is 2. The van der Waals surface area contributed by atoms with E-state index in [1.807, 2.05) is 30.0 Å². The third-order valence-electron chi connectivity index (χ3n) is 4.95. The third-order valence-corrected chi connectivity index (χ3v) is 5.44. The van der Waals surface area contributed by atoms with Crippen molar-refractivity contribution >= 4 is 33.4 Å². The van der Waals surface area contributed by atoms with Crippen molar-refractivity contribution in [1.82, 2.24) is 4.90 Å². The maximum atomic E-state index is 13.1. The van der Waals surface area contributed by atoms with Crippen LogP contribution in [0.5, 0.6) is 5.75 Å². The van der Waals surface area contributed by atoms with Crippen LogP contribution in [0.15, 0.2) is 46.9 Å². The lowest BCUT2D eigenvalue weighted by atomic mass is 10.1. The number of ether oxygens (including phenoxy) is 1. The molecule has 1 aliphatic heterocycles. The lowest BCUT2D eigenvalue weighted by molar-refractivity contribution is 0.0762. The second kappa shape index (κ2) is 10.4. The first-order chi connectivity index (χ1) is 14.1. The maximum Gasteiger partial charge on any atom is 0.259 e. The van der Waals surface area contributed by atoms with Crippen LogP contribution in [-0.2, 0) is 0 Å². The van der Waals surface area contributed by atoms with Gasteiger partial charge in [0.15, 0.2) is 0 Å². The van der Waals surface area contributed by atoms with E-state index < -0.39 is 0 Å². The molecule has 0 saturated carbocycles. The highest BCUT2D eigenvalue weighted by molar-refractivity contribution is 9.10. The summed E-state index contributed by atoms with van der Waals surface area (Å²) in [7, 11) is 0. The molecular formula is C23H27BrN2O3. The van der Waals surface area contributed by atoms with Crippen molar-refractivity contribution in [1.29, 1.82) is 0 Å². The molecule has 0 atom stereocenters.